The van der Waals surface area contributed by atoms with Crippen molar-refractivity contribution in [3.8, 4) is 5.75 Å². The highest BCUT2D eigenvalue weighted by Gasteiger charge is 2.33. The molecule has 1 fully saturated rings. The van der Waals surface area contributed by atoms with Gasteiger partial charge >= 0.3 is 0 Å². The lowest BCUT2D eigenvalue weighted by atomic mass is 9.99. The van der Waals surface area contributed by atoms with E-state index in [0.29, 0.717) is 56.6 Å². The molecular weight excluding hydrogens is 442 g/mol. The summed E-state index contributed by atoms with van der Waals surface area (Å²) in [7, 11) is -3.75. The number of hydrogen-bond acceptors (Lipinski definition) is 5. The van der Waals surface area contributed by atoms with Crippen LogP contribution in [0.3, 0.4) is 0 Å². The minimum absolute atomic E-state index is 0.0539. The van der Waals surface area contributed by atoms with Crippen LogP contribution in [0.4, 0.5) is 11.4 Å². The van der Waals surface area contributed by atoms with Crippen molar-refractivity contribution in [3.05, 3.63) is 48.0 Å². The summed E-state index contributed by atoms with van der Waals surface area (Å²) in [5.74, 6) is 0.0523. The standard InChI is InChI=1S/C24H29N3O5S/c1-2-32-20-10-8-19(9-11-20)25-24(29)18-6-4-14-27(16-18)33(30,31)21-12-13-22-17(15-21)5-3-7-23(28)26-22/h8-13,15,18H,2-7,14,16H2,1H3,(H,25,29)(H,26,28). The number of anilines is 2. The number of benzene rings is 2. The third kappa shape index (κ3) is 5.36. The fourth-order valence-corrected chi connectivity index (χ4v) is 5.86. The highest BCUT2D eigenvalue weighted by Crippen LogP contribution is 2.29. The molecule has 2 aromatic rings. The maximum Gasteiger partial charge on any atom is 0.243 e. The highest BCUT2D eigenvalue weighted by atomic mass is 32.2. The first-order chi connectivity index (χ1) is 15.9. The highest BCUT2D eigenvalue weighted by molar-refractivity contribution is 7.89. The summed E-state index contributed by atoms with van der Waals surface area (Å²) in [5, 5.41) is 5.72. The molecule has 8 nitrogen and oxygen atoms in total. The first kappa shape index (κ1) is 23.3. The Morgan fingerprint density at radius 2 is 1.94 bits per heavy atom. The minimum Gasteiger partial charge on any atom is -0.494 e. The Kier molecular flexibility index (Phi) is 6.99. The van der Waals surface area contributed by atoms with Crippen LogP contribution in [-0.2, 0) is 26.0 Å². The summed E-state index contributed by atoms with van der Waals surface area (Å²) in [6, 6.07) is 12.0. The SMILES string of the molecule is CCOc1ccc(NC(=O)C2CCCN(S(=O)(=O)c3ccc4c(c3)CCCC(=O)N4)C2)cc1. The number of nitrogens with zero attached hydrogens (tertiary/aromatic N) is 1. The molecule has 0 aliphatic carbocycles. The molecule has 33 heavy (non-hydrogen) atoms. The largest absolute Gasteiger partial charge is 0.494 e. The summed E-state index contributed by atoms with van der Waals surface area (Å²) < 4.78 is 33.5. The molecule has 2 N–H and O–H groups in total. The molecule has 176 valence electrons. The number of ether oxygens (including phenoxy) is 1. The molecular formula is C24H29N3O5S. The number of rotatable bonds is 6. The van der Waals surface area contributed by atoms with Gasteiger partial charge in [-0.25, -0.2) is 8.42 Å². The first-order valence-corrected chi connectivity index (χ1v) is 12.8. The molecule has 0 radical (unpaired) electrons. The topological polar surface area (TPSA) is 105 Å². The molecule has 2 aliphatic rings. The molecule has 2 aromatic carbocycles. The quantitative estimate of drug-likeness (QED) is 0.672. The molecule has 1 saturated heterocycles. The van der Waals surface area contributed by atoms with E-state index in [1.54, 1.807) is 36.4 Å². The number of hydrogen-bond donors (Lipinski definition) is 2. The van der Waals surface area contributed by atoms with E-state index in [1.165, 1.54) is 10.4 Å². The van der Waals surface area contributed by atoms with Gasteiger partial charge in [-0.05, 0) is 80.6 Å². The van der Waals surface area contributed by atoms with Crippen LogP contribution in [0.25, 0.3) is 0 Å². The molecule has 0 bridgehead atoms. The molecule has 2 aliphatic heterocycles. The van der Waals surface area contributed by atoms with Gasteiger partial charge in [0.05, 0.1) is 17.4 Å². The number of nitrogens with one attached hydrogen (secondary N) is 2. The molecule has 2 heterocycles. The zero-order valence-electron chi connectivity index (χ0n) is 18.7. The smallest absolute Gasteiger partial charge is 0.243 e. The zero-order valence-corrected chi connectivity index (χ0v) is 19.5. The summed E-state index contributed by atoms with van der Waals surface area (Å²) in [4.78, 5) is 24.8. The predicted molar refractivity (Wildman–Crippen MR) is 126 cm³/mol. The third-order valence-electron chi connectivity index (χ3n) is 6.03. The van der Waals surface area contributed by atoms with Crippen LogP contribution in [0.5, 0.6) is 5.75 Å². The van der Waals surface area contributed by atoms with Crippen LogP contribution in [0.15, 0.2) is 47.4 Å². The monoisotopic (exact) mass is 471 g/mol. The summed E-state index contributed by atoms with van der Waals surface area (Å²) in [6.45, 7) is 2.99. The van der Waals surface area contributed by atoms with Crippen LogP contribution in [0.1, 0.15) is 38.2 Å². The van der Waals surface area contributed by atoms with Crippen molar-refractivity contribution in [2.75, 3.05) is 30.3 Å². The van der Waals surface area contributed by atoms with E-state index in [1.807, 2.05) is 6.92 Å². The second-order valence-electron chi connectivity index (χ2n) is 8.37. The fourth-order valence-electron chi connectivity index (χ4n) is 4.28. The number of amides is 2. The fraction of sp³-hybridized carbons (Fsp3) is 0.417. The molecule has 0 aromatic heterocycles. The van der Waals surface area contributed by atoms with E-state index in [-0.39, 0.29) is 23.3 Å². The van der Waals surface area contributed by atoms with E-state index < -0.39 is 15.9 Å². The Hall–Kier alpha value is -2.91. The van der Waals surface area contributed by atoms with Crippen molar-refractivity contribution < 1.29 is 22.7 Å². The van der Waals surface area contributed by atoms with E-state index in [9.17, 15) is 18.0 Å². The van der Waals surface area contributed by atoms with Crippen LogP contribution in [0, 0.1) is 5.92 Å². The second kappa shape index (κ2) is 9.93. The number of sulfonamides is 1. The van der Waals surface area contributed by atoms with Crippen molar-refractivity contribution in [1.29, 1.82) is 0 Å². The maximum absolute atomic E-state index is 13.3. The molecule has 4 rings (SSSR count). The first-order valence-electron chi connectivity index (χ1n) is 11.3. The van der Waals surface area contributed by atoms with Crippen LogP contribution >= 0.6 is 0 Å². The van der Waals surface area contributed by atoms with Gasteiger partial charge in [-0.15, -0.1) is 0 Å². The predicted octanol–water partition coefficient (Wildman–Crippen LogP) is 3.40. The van der Waals surface area contributed by atoms with Crippen molar-refractivity contribution in [3.63, 3.8) is 0 Å². The lowest BCUT2D eigenvalue weighted by Gasteiger charge is -2.31. The van der Waals surface area contributed by atoms with Gasteiger partial charge in [0.2, 0.25) is 21.8 Å². The van der Waals surface area contributed by atoms with E-state index >= 15 is 0 Å². The zero-order chi connectivity index (χ0) is 23.4. The number of piperidine rings is 1. The second-order valence-corrected chi connectivity index (χ2v) is 10.3. The maximum atomic E-state index is 13.3. The Morgan fingerprint density at radius 3 is 2.70 bits per heavy atom. The molecule has 1 atom stereocenters. The van der Waals surface area contributed by atoms with Crippen LogP contribution in [-0.4, -0.2) is 44.2 Å². The molecule has 0 spiro atoms. The van der Waals surface area contributed by atoms with Crippen molar-refractivity contribution in [2.45, 2.75) is 43.9 Å². The van der Waals surface area contributed by atoms with Crippen LogP contribution < -0.4 is 15.4 Å². The summed E-state index contributed by atoms with van der Waals surface area (Å²) >= 11 is 0. The number of carbonyl (C=O) groups excluding carboxylic acids is 2. The van der Waals surface area contributed by atoms with Gasteiger partial charge in [0.15, 0.2) is 0 Å². The van der Waals surface area contributed by atoms with Gasteiger partial charge in [0.25, 0.3) is 0 Å². The van der Waals surface area contributed by atoms with E-state index in [0.717, 1.165) is 11.3 Å². The number of carbonyl (C=O) groups is 2. The molecule has 2 amide bonds. The third-order valence-corrected chi connectivity index (χ3v) is 7.89. The molecule has 1 unspecified atom stereocenters. The Balaban J connectivity index is 1.45. The minimum atomic E-state index is -3.75. The van der Waals surface area contributed by atoms with Gasteiger partial charge in [0, 0.05) is 30.9 Å². The van der Waals surface area contributed by atoms with Crippen molar-refractivity contribution >= 4 is 33.2 Å². The van der Waals surface area contributed by atoms with Gasteiger partial charge in [-0.3, -0.25) is 9.59 Å². The lowest BCUT2D eigenvalue weighted by molar-refractivity contribution is -0.121. The van der Waals surface area contributed by atoms with Crippen LogP contribution in [0.2, 0.25) is 0 Å². The molecule has 0 saturated carbocycles. The number of fused-ring (bicyclic) bond motifs is 1. The Bertz CT molecular complexity index is 1130. The summed E-state index contributed by atoms with van der Waals surface area (Å²) in [6.07, 6.45) is 2.99. The van der Waals surface area contributed by atoms with Gasteiger partial charge < -0.3 is 15.4 Å². The average molecular weight is 472 g/mol. The van der Waals surface area contributed by atoms with Crippen molar-refractivity contribution in [1.82, 2.24) is 4.31 Å². The van der Waals surface area contributed by atoms with E-state index in [4.69, 9.17) is 4.74 Å². The van der Waals surface area contributed by atoms with Crippen molar-refractivity contribution in [2.24, 2.45) is 5.92 Å². The Labute approximate surface area is 194 Å². The van der Waals surface area contributed by atoms with Gasteiger partial charge in [-0.1, -0.05) is 0 Å². The average Bonchev–Trinajstić information content (AvgIpc) is 3.00. The Morgan fingerprint density at radius 1 is 1.15 bits per heavy atom. The van der Waals surface area contributed by atoms with Gasteiger partial charge in [0.1, 0.15) is 5.75 Å². The lowest BCUT2D eigenvalue weighted by Crippen LogP contribution is -2.43. The normalized spacial score (nSPS) is 19.2. The molecule has 9 heteroatoms. The van der Waals surface area contributed by atoms with E-state index in [2.05, 4.69) is 10.6 Å². The number of aryl methyl sites for hydroxylation is 1. The summed E-state index contributed by atoms with van der Waals surface area (Å²) in [5.41, 5.74) is 2.14. The van der Waals surface area contributed by atoms with Gasteiger partial charge in [-0.2, -0.15) is 4.31 Å².